The quantitative estimate of drug-likeness (QED) is 0.0542. The molecule has 2 aliphatic rings. The Morgan fingerprint density at radius 1 is 0.493 bits per heavy atom. The van der Waals surface area contributed by atoms with Crippen LogP contribution in [-0.2, 0) is 52.8 Å². The minimum atomic E-state index is -4.46. The average molecular weight is 1050 g/mol. The number of fused-ring (bicyclic) bond motifs is 24. The molecule has 354 valence electrons. The molecule has 0 unspecified atom stereocenters. The molecule has 0 amide bonds. The number of hydrogen-bond acceptors (Lipinski definition) is 10. The normalized spacial score (nSPS) is 11.7. The van der Waals surface area contributed by atoms with Crippen LogP contribution in [0.25, 0.3) is 133 Å². The van der Waals surface area contributed by atoms with Crippen LogP contribution in [0.4, 0.5) is 0 Å². The van der Waals surface area contributed by atoms with E-state index in [4.69, 9.17) is 49.7 Å². The van der Waals surface area contributed by atoms with Crippen LogP contribution in [0.2, 0.25) is 0 Å². The molecule has 3 aromatic heterocycles. The molecule has 8 bridgehead atoms. The van der Waals surface area contributed by atoms with Gasteiger partial charge in [0.1, 0.15) is 6.61 Å². The third kappa shape index (κ3) is 8.89. The van der Waals surface area contributed by atoms with Crippen LogP contribution in [0.5, 0.6) is 0 Å². The van der Waals surface area contributed by atoms with E-state index in [1.54, 1.807) is 0 Å². The molecule has 2 N–H and O–H groups in total. The van der Waals surface area contributed by atoms with Gasteiger partial charge in [0.2, 0.25) is 0 Å². The first kappa shape index (κ1) is 47.2. The van der Waals surface area contributed by atoms with Gasteiger partial charge in [0, 0.05) is 67.5 Å². The second kappa shape index (κ2) is 18.7. The first-order valence-corrected chi connectivity index (χ1v) is 23.4. The fraction of sp³-hybridized carbons (Fsp3) is 0.0556. The molecular formula is C54H35Cu2N8O6P. The summed E-state index contributed by atoms with van der Waals surface area (Å²) in [5, 5.41) is 12.2. The average Bonchev–Trinajstić information content (AvgIpc) is 4.07. The van der Waals surface area contributed by atoms with Crippen LogP contribution in [0.3, 0.4) is 0 Å². The predicted molar refractivity (Wildman–Crippen MR) is 268 cm³/mol. The van der Waals surface area contributed by atoms with Gasteiger partial charge in [0.15, 0.2) is 0 Å². The topological polar surface area (TPSA) is 199 Å². The minimum Gasteiger partial charge on any atom is -0.460 e. The first-order chi connectivity index (χ1) is 33.5. The number of phosphoric ester groups is 1. The molecule has 13 rings (SSSR count). The summed E-state index contributed by atoms with van der Waals surface area (Å²) in [7, 11) is -4.46. The molecule has 11 aromatic rings. The maximum absolute atomic E-state index is 10.7. The number of phosphoric acid groups is 1. The summed E-state index contributed by atoms with van der Waals surface area (Å²) < 4.78 is 18.6. The second-order valence-electron chi connectivity index (χ2n) is 16.7. The molecule has 0 fully saturated rings. The Bertz CT molecular complexity index is 3770. The molecule has 2 radical (unpaired) electrons. The number of hydrogen-bond donors (Lipinski definition) is 2. The van der Waals surface area contributed by atoms with Crippen LogP contribution in [0, 0.1) is 0 Å². The van der Waals surface area contributed by atoms with Crippen molar-refractivity contribution in [2.24, 2.45) is 0 Å². The molecule has 0 spiro atoms. The maximum atomic E-state index is 10.7. The summed E-state index contributed by atoms with van der Waals surface area (Å²) in [5.41, 5.74) is 5.89. The Balaban J connectivity index is 0.000000345. The molecular weight excluding hydrogens is 1010 g/mol. The van der Waals surface area contributed by atoms with Crippen molar-refractivity contribution in [3.05, 3.63) is 158 Å². The third-order valence-electron chi connectivity index (χ3n) is 12.1. The Labute approximate surface area is 424 Å². The number of carbonyl (C=O) groups excluding carboxylic acids is 1. The van der Waals surface area contributed by atoms with E-state index in [2.05, 4.69) is 113 Å². The van der Waals surface area contributed by atoms with Crippen LogP contribution < -0.4 is 9.97 Å². The van der Waals surface area contributed by atoms with Gasteiger partial charge < -0.3 is 44.4 Å². The van der Waals surface area contributed by atoms with Gasteiger partial charge in [-0.15, -0.1) is 0 Å². The van der Waals surface area contributed by atoms with E-state index < -0.39 is 13.8 Å². The first-order valence-electron chi connectivity index (χ1n) is 21.9. The SMILES string of the molecule is C=C(C)C(=O)OCCOP(=O)(O)O.[Cu+2].[Cu].c1ccc2cc3c(cc2c1)-c1nc-3nc2[n-]c(nc3nc(nc4[n-]c(n1)c1cc5ccccc5cc41)-c1cc4ccccc4cc1-3)c1cc3ccccc3cc21. The van der Waals surface area contributed by atoms with Crippen molar-refractivity contribution >= 4 is 101 Å². The molecule has 0 saturated carbocycles. The van der Waals surface area contributed by atoms with Gasteiger partial charge in [-0.1, -0.05) is 104 Å². The Kier molecular flexibility index (Phi) is 12.4. The van der Waals surface area contributed by atoms with Crippen molar-refractivity contribution in [1.82, 2.24) is 39.9 Å². The molecule has 0 saturated heterocycles. The van der Waals surface area contributed by atoms with Gasteiger partial charge in [-0.3, -0.25) is 4.52 Å². The number of esters is 1. The van der Waals surface area contributed by atoms with E-state index in [1.165, 1.54) is 6.92 Å². The van der Waals surface area contributed by atoms with Crippen molar-refractivity contribution in [2.45, 2.75) is 6.92 Å². The summed E-state index contributed by atoms with van der Waals surface area (Å²) in [6.07, 6.45) is 0. The smallest absolute Gasteiger partial charge is 0.460 e. The zero-order valence-corrected chi connectivity index (χ0v) is 39.9. The van der Waals surface area contributed by atoms with E-state index in [-0.39, 0.29) is 52.9 Å². The summed E-state index contributed by atoms with van der Waals surface area (Å²) in [6.45, 7) is 4.22. The number of nitrogens with zero attached hydrogens (tertiary/aromatic N) is 8. The minimum absolute atomic E-state index is 0. The molecule has 71 heavy (non-hydrogen) atoms. The molecule has 5 heterocycles. The maximum Gasteiger partial charge on any atom is 2.00 e. The zero-order valence-electron chi connectivity index (χ0n) is 37.1. The fourth-order valence-electron chi connectivity index (χ4n) is 8.82. The van der Waals surface area contributed by atoms with Crippen LogP contribution in [0.15, 0.2) is 158 Å². The van der Waals surface area contributed by atoms with Crippen molar-refractivity contribution in [1.29, 1.82) is 0 Å². The van der Waals surface area contributed by atoms with Crippen LogP contribution in [0.1, 0.15) is 6.92 Å². The third-order valence-corrected chi connectivity index (χ3v) is 12.6. The summed E-state index contributed by atoms with van der Waals surface area (Å²) >= 11 is 0. The standard InChI is InChI=1S/C48H24N8.C6H11O6P.2Cu/c1-2-10-26-18-34-33(17-25(26)9-1)41-49-42(34)54-44-37-21-29-13-5-6-14-30(29)22-38(37)46(51-44)56-48-40-24-32-16-8-7-15-31(32)23-39(40)47(52-48)55-45-36-20-28-12-4-3-11-27(28)19-35(36)43(50-45)53-41;1-5(2)6(7)11-3-4-12-13(8,9)10;;/h1-24H;1,3-4H2,2H3,(H2,8,9,10);;/q-2;;;+2. The van der Waals surface area contributed by atoms with Crippen molar-refractivity contribution in [3.63, 3.8) is 0 Å². The van der Waals surface area contributed by atoms with Gasteiger partial charge in [-0.05, 0) is 120 Å². The largest absolute Gasteiger partial charge is 2.00 e. The molecule has 8 aromatic carbocycles. The molecule has 14 nitrogen and oxygen atoms in total. The van der Waals surface area contributed by atoms with E-state index in [0.29, 0.717) is 45.9 Å². The van der Waals surface area contributed by atoms with Gasteiger partial charge in [-0.2, -0.15) is 0 Å². The van der Waals surface area contributed by atoms with Gasteiger partial charge in [-0.25, -0.2) is 19.3 Å². The number of aromatic nitrogens is 8. The van der Waals surface area contributed by atoms with E-state index in [1.807, 2.05) is 48.5 Å². The monoisotopic (exact) mass is 1050 g/mol. The van der Waals surface area contributed by atoms with Crippen molar-refractivity contribution in [3.8, 4) is 45.6 Å². The molecule has 0 aliphatic carbocycles. The predicted octanol–water partition coefficient (Wildman–Crippen LogP) is 11.0. The Morgan fingerprint density at radius 2 is 0.761 bits per heavy atom. The molecule has 17 heteroatoms. The summed E-state index contributed by atoms with van der Waals surface area (Å²) in [6, 6.07) is 50.4. The molecule has 2 aliphatic heterocycles. The van der Waals surface area contributed by atoms with Gasteiger partial charge in [0.05, 0.1) is 29.9 Å². The van der Waals surface area contributed by atoms with Crippen LogP contribution >= 0.6 is 7.82 Å². The van der Waals surface area contributed by atoms with Crippen molar-refractivity contribution in [2.75, 3.05) is 13.2 Å². The second-order valence-corrected chi connectivity index (χ2v) is 17.9. The van der Waals surface area contributed by atoms with Crippen LogP contribution in [-0.4, -0.2) is 58.9 Å². The number of ether oxygens (including phenoxy) is 1. The molecule has 0 atom stereocenters. The van der Waals surface area contributed by atoms with Gasteiger partial charge in [0.25, 0.3) is 0 Å². The van der Waals surface area contributed by atoms with Gasteiger partial charge >= 0.3 is 30.9 Å². The van der Waals surface area contributed by atoms with E-state index in [0.717, 1.165) is 86.9 Å². The Hall–Kier alpha value is -7.48. The number of rotatable bonds is 5. The van der Waals surface area contributed by atoms with E-state index in [9.17, 15) is 9.36 Å². The number of carbonyl (C=O) groups is 1. The summed E-state index contributed by atoms with van der Waals surface area (Å²) in [4.78, 5) is 68.7. The number of benzene rings is 8. The summed E-state index contributed by atoms with van der Waals surface area (Å²) in [5.74, 6) is 1.52. The Morgan fingerprint density at radius 3 is 1.01 bits per heavy atom. The fourth-order valence-corrected chi connectivity index (χ4v) is 9.13. The zero-order chi connectivity index (χ0) is 47.0. The van der Waals surface area contributed by atoms with E-state index >= 15 is 0 Å². The van der Waals surface area contributed by atoms with Crippen molar-refractivity contribution < 1.29 is 62.5 Å².